The quantitative estimate of drug-likeness (QED) is 0.589. The van der Waals surface area contributed by atoms with Crippen LogP contribution in [0.4, 0.5) is 5.69 Å². The molecule has 0 atom stereocenters. The lowest BCUT2D eigenvalue weighted by Gasteiger charge is -2.04. The van der Waals surface area contributed by atoms with Crippen molar-refractivity contribution in [2.24, 2.45) is 7.05 Å². The van der Waals surface area contributed by atoms with Crippen LogP contribution in [0, 0.1) is 13.8 Å². The third-order valence-electron chi connectivity index (χ3n) is 2.21. The van der Waals surface area contributed by atoms with Gasteiger partial charge in [0.05, 0.1) is 23.7 Å². The van der Waals surface area contributed by atoms with Crippen LogP contribution in [0.3, 0.4) is 0 Å². The molecule has 0 aromatic carbocycles. The van der Waals surface area contributed by atoms with Crippen molar-refractivity contribution in [3.63, 3.8) is 0 Å². The molecule has 0 saturated carbocycles. The molecule has 16 heavy (non-hydrogen) atoms. The highest BCUT2D eigenvalue weighted by molar-refractivity contribution is 6.37. The molecule has 0 spiro atoms. The Labute approximate surface area is 93.6 Å². The first kappa shape index (κ1) is 12.2. The summed E-state index contributed by atoms with van der Waals surface area (Å²) in [5.74, 6) is -1.66. The zero-order chi connectivity index (χ0) is 12.3. The van der Waals surface area contributed by atoms with E-state index in [0.29, 0.717) is 11.4 Å². The van der Waals surface area contributed by atoms with Gasteiger partial charge in [0.15, 0.2) is 0 Å². The Kier molecular flexibility index (Phi) is 3.65. The van der Waals surface area contributed by atoms with E-state index in [9.17, 15) is 9.59 Å². The van der Waals surface area contributed by atoms with Crippen molar-refractivity contribution < 1.29 is 14.3 Å². The van der Waals surface area contributed by atoms with E-state index < -0.39 is 11.9 Å². The summed E-state index contributed by atoms with van der Waals surface area (Å²) >= 11 is 0. The third kappa shape index (κ3) is 2.39. The summed E-state index contributed by atoms with van der Waals surface area (Å²) in [4.78, 5) is 22.5. The average molecular weight is 225 g/mol. The molecule has 1 rings (SSSR count). The van der Waals surface area contributed by atoms with Gasteiger partial charge in [-0.15, -0.1) is 0 Å². The Morgan fingerprint density at radius 3 is 2.50 bits per heavy atom. The van der Waals surface area contributed by atoms with Crippen LogP contribution in [-0.2, 0) is 21.4 Å². The number of hydrogen-bond donors (Lipinski definition) is 1. The van der Waals surface area contributed by atoms with Gasteiger partial charge in [-0.1, -0.05) is 0 Å². The minimum atomic E-state index is -0.884. The molecule has 88 valence electrons. The second-order valence-electron chi connectivity index (χ2n) is 3.34. The molecule has 0 fully saturated rings. The maximum Gasteiger partial charge on any atom is 0.397 e. The summed E-state index contributed by atoms with van der Waals surface area (Å²) in [5, 5.41) is 6.61. The molecule has 1 amide bonds. The molecule has 1 aromatic rings. The van der Waals surface area contributed by atoms with E-state index in [1.165, 1.54) is 0 Å². The predicted molar refractivity (Wildman–Crippen MR) is 57.9 cm³/mol. The monoisotopic (exact) mass is 225 g/mol. The van der Waals surface area contributed by atoms with Gasteiger partial charge in [-0.25, -0.2) is 4.79 Å². The average Bonchev–Trinajstić information content (AvgIpc) is 2.45. The Morgan fingerprint density at radius 1 is 1.44 bits per heavy atom. The number of nitrogens with one attached hydrogen (secondary N) is 1. The smallest absolute Gasteiger partial charge is 0.397 e. The van der Waals surface area contributed by atoms with Crippen molar-refractivity contribution >= 4 is 17.6 Å². The van der Waals surface area contributed by atoms with Crippen molar-refractivity contribution in [3.8, 4) is 0 Å². The molecule has 0 bridgehead atoms. The molecule has 0 aliphatic carbocycles. The summed E-state index contributed by atoms with van der Waals surface area (Å²) in [5.41, 5.74) is 2.01. The van der Waals surface area contributed by atoms with Crippen molar-refractivity contribution in [3.05, 3.63) is 11.4 Å². The summed E-state index contributed by atoms with van der Waals surface area (Å²) in [6.45, 7) is 5.39. The number of carbonyl (C=O) groups excluding carboxylic acids is 2. The summed E-state index contributed by atoms with van der Waals surface area (Å²) in [6, 6.07) is 0. The standard InChI is InChI=1S/C10H15N3O3/c1-5-16-10(15)9(14)11-8-6(2)12-13(4)7(8)3/h5H2,1-4H3,(H,11,14). The lowest BCUT2D eigenvalue weighted by atomic mass is 10.3. The molecule has 0 unspecified atom stereocenters. The number of aromatic nitrogens is 2. The largest absolute Gasteiger partial charge is 0.459 e. The fourth-order valence-corrected chi connectivity index (χ4v) is 1.32. The van der Waals surface area contributed by atoms with Gasteiger partial charge in [0.25, 0.3) is 0 Å². The highest BCUT2D eigenvalue weighted by Crippen LogP contribution is 2.17. The van der Waals surface area contributed by atoms with E-state index in [2.05, 4.69) is 15.2 Å². The first-order valence-electron chi connectivity index (χ1n) is 4.95. The number of amides is 1. The van der Waals surface area contributed by atoms with Gasteiger partial charge >= 0.3 is 11.9 Å². The number of hydrogen-bond acceptors (Lipinski definition) is 4. The molecular weight excluding hydrogens is 210 g/mol. The SMILES string of the molecule is CCOC(=O)C(=O)Nc1c(C)nn(C)c1C. The molecule has 1 aromatic heterocycles. The number of nitrogens with zero attached hydrogens (tertiary/aromatic N) is 2. The molecule has 0 aliphatic heterocycles. The van der Waals surface area contributed by atoms with Crippen molar-refractivity contribution in [2.45, 2.75) is 20.8 Å². The zero-order valence-electron chi connectivity index (χ0n) is 9.83. The minimum Gasteiger partial charge on any atom is -0.459 e. The van der Waals surface area contributed by atoms with E-state index in [1.54, 1.807) is 32.5 Å². The van der Waals surface area contributed by atoms with Gasteiger partial charge in [0.2, 0.25) is 0 Å². The van der Waals surface area contributed by atoms with Crippen LogP contribution in [0.15, 0.2) is 0 Å². The third-order valence-corrected chi connectivity index (χ3v) is 2.21. The maximum absolute atomic E-state index is 11.4. The van der Waals surface area contributed by atoms with Gasteiger partial charge in [0.1, 0.15) is 0 Å². The second kappa shape index (κ2) is 4.78. The van der Waals surface area contributed by atoms with E-state index in [-0.39, 0.29) is 6.61 Å². The van der Waals surface area contributed by atoms with E-state index in [0.717, 1.165) is 5.69 Å². The molecule has 0 radical (unpaired) electrons. The Bertz CT molecular complexity index is 423. The number of aryl methyl sites for hydroxylation is 2. The summed E-state index contributed by atoms with van der Waals surface area (Å²) in [6.07, 6.45) is 0. The van der Waals surface area contributed by atoms with Crippen molar-refractivity contribution in [1.29, 1.82) is 0 Å². The molecule has 1 heterocycles. The van der Waals surface area contributed by atoms with Gasteiger partial charge < -0.3 is 10.1 Å². The molecule has 0 aliphatic rings. The lowest BCUT2D eigenvalue weighted by molar-refractivity contribution is -0.152. The second-order valence-corrected chi connectivity index (χ2v) is 3.34. The summed E-state index contributed by atoms with van der Waals surface area (Å²) in [7, 11) is 1.77. The molecule has 0 saturated heterocycles. The van der Waals surface area contributed by atoms with Crippen molar-refractivity contribution in [1.82, 2.24) is 9.78 Å². The molecule has 6 heteroatoms. The van der Waals surface area contributed by atoms with E-state index >= 15 is 0 Å². The minimum absolute atomic E-state index is 0.178. The van der Waals surface area contributed by atoms with E-state index in [1.807, 2.05) is 0 Å². The zero-order valence-corrected chi connectivity index (χ0v) is 9.83. The van der Waals surface area contributed by atoms with Crippen LogP contribution in [0.2, 0.25) is 0 Å². The molecule has 6 nitrogen and oxygen atoms in total. The number of ether oxygens (including phenoxy) is 1. The van der Waals surface area contributed by atoms with Gasteiger partial charge in [0, 0.05) is 7.05 Å². The summed E-state index contributed by atoms with van der Waals surface area (Å²) < 4.78 is 6.22. The Morgan fingerprint density at radius 2 is 2.06 bits per heavy atom. The van der Waals surface area contributed by atoms with Crippen LogP contribution >= 0.6 is 0 Å². The number of carbonyl (C=O) groups is 2. The van der Waals surface area contributed by atoms with Crippen LogP contribution < -0.4 is 5.32 Å². The first-order chi connectivity index (χ1) is 7.47. The number of esters is 1. The fraction of sp³-hybridized carbons (Fsp3) is 0.500. The normalized spacial score (nSPS) is 10.0. The van der Waals surface area contributed by atoms with Crippen LogP contribution in [0.1, 0.15) is 18.3 Å². The number of anilines is 1. The van der Waals surface area contributed by atoms with Gasteiger partial charge in [-0.05, 0) is 20.8 Å². The molecule has 1 N–H and O–H groups in total. The van der Waals surface area contributed by atoms with Crippen LogP contribution in [0.5, 0.6) is 0 Å². The predicted octanol–water partition coefficient (Wildman–Crippen LogP) is 0.539. The first-order valence-corrected chi connectivity index (χ1v) is 4.95. The highest BCUT2D eigenvalue weighted by Gasteiger charge is 2.18. The van der Waals surface area contributed by atoms with Gasteiger partial charge in [-0.2, -0.15) is 5.10 Å². The maximum atomic E-state index is 11.4. The lowest BCUT2D eigenvalue weighted by Crippen LogP contribution is -2.25. The Hall–Kier alpha value is -1.85. The van der Waals surface area contributed by atoms with Gasteiger partial charge in [-0.3, -0.25) is 9.48 Å². The topological polar surface area (TPSA) is 73.2 Å². The number of rotatable bonds is 2. The highest BCUT2D eigenvalue weighted by atomic mass is 16.5. The van der Waals surface area contributed by atoms with Crippen molar-refractivity contribution in [2.75, 3.05) is 11.9 Å². The van der Waals surface area contributed by atoms with Crippen LogP contribution in [0.25, 0.3) is 0 Å². The fourth-order valence-electron chi connectivity index (χ4n) is 1.32. The Balaban J connectivity index is 2.81. The van der Waals surface area contributed by atoms with Crippen LogP contribution in [-0.4, -0.2) is 28.3 Å². The van der Waals surface area contributed by atoms with E-state index in [4.69, 9.17) is 0 Å². The molecular formula is C10H15N3O3.